The number of hydrogen-bond donors (Lipinski definition) is 3. The molecular formula is C24H27N5O5S2. The molecule has 0 radical (unpaired) electrons. The maximum absolute atomic E-state index is 13.9. The normalized spacial score (nSPS) is 15.9. The first-order valence-electron chi connectivity index (χ1n) is 11.3. The summed E-state index contributed by atoms with van der Waals surface area (Å²) in [7, 11) is 1.55. The molecular weight excluding hydrogens is 502 g/mol. The molecule has 12 heteroatoms. The Morgan fingerprint density at radius 2 is 2.06 bits per heavy atom. The summed E-state index contributed by atoms with van der Waals surface area (Å²) in [5.41, 5.74) is 11.8. The minimum Gasteiger partial charge on any atom is -0.497 e. The largest absolute Gasteiger partial charge is 0.497 e. The lowest BCUT2D eigenvalue weighted by Gasteiger charge is -2.31. The van der Waals surface area contributed by atoms with Crippen molar-refractivity contribution < 1.29 is 23.9 Å². The van der Waals surface area contributed by atoms with Crippen molar-refractivity contribution in [1.82, 2.24) is 14.6 Å². The summed E-state index contributed by atoms with van der Waals surface area (Å²) in [4.78, 5) is 41.6. The van der Waals surface area contributed by atoms with Crippen LogP contribution in [0.2, 0.25) is 0 Å². The Bertz CT molecular complexity index is 1210. The van der Waals surface area contributed by atoms with Crippen LogP contribution < -0.4 is 21.5 Å². The van der Waals surface area contributed by atoms with E-state index in [-0.39, 0.29) is 34.8 Å². The Hall–Kier alpha value is -3.48. The lowest BCUT2D eigenvalue weighted by molar-refractivity contribution is -0.126. The van der Waals surface area contributed by atoms with Crippen LogP contribution in [-0.4, -0.2) is 53.4 Å². The van der Waals surface area contributed by atoms with Crippen LogP contribution in [0.3, 0.4) is 0 Å². The van der Waals surface area contributed by atoms with Crippen LogP contribution in [0.5, 0.6) is 5.75 Å². The van der Waals surface area contributed by atoms with Crippen molar-refractivity contribution in [3.63, 3.8) is 0 Å². The average Bonchev–Trinajstić information content (AvgIpc) is 3.65. The number of thiophene rings is 1. The lowest BCUT2D eigenvalue weighted by atomic mass is 10.0. The number of anilines is 1. The fraction of sp³-hybridized carbons (Fsp3) is 0.333. The van der Waals surface area contributed by atoms with Crippen LogP contribution in [-0.2, 0) is 16.1 Å². The van der Waals surface area contributed by atoms with Gasteiger partial charge in [-0.2, -0.15) is 4.37 Å². The molecule has 0 spiro atoms. The third kappa shape index (κ3) is 5.66. The molecule has 0 saturated carbocycles. The first-order valence-corrected chi connectivity index (χ1v) is 13.0. The predicted molar refractivity (Wildman–Crippen MR) is 137 cm³/mol. The average molecular weight is 530 g/mol. The molecule has 36 heavy (non-hydrogen) atoms. The third-order valence-corrected chi connectivity index (χ3v) is 7.55. The second kappa shape index (κ2) is 11.5. The number of hydrogen-bond acceptors (Lipinski definition) is 9. The molecule has 4 rings (SSSR count). The molecule has 0 aliphatic carbocycles. The molecule has 3 amide bonds. The third-order valence-electron chi connectivity index (χ3n) is 5.84. The van der Waals surface area contributed by atoms with Gasteiger partial charge in [0.25, 0.3) is 11.8 Å². The summed E-state index contributed by atoms with van der Waals surface area (Å²) < 4.78 is 14.9. The Morgan fingerprint density at radius 1 is 1.28 bits per heavy atom. The highest BCUT2D eigenvalue weighted by Gasteiger charge is 2.35. The molecule has 1 saturated heterocycles. The van der Waals surface area contributed by atoms with Crippen molar-refractivity contribution in [1.29, 1.82) is 0 Å². The van der Waals surface area contributed by atoms with Gasteiger partial charge in [-0.25, -0.2) is 0 Å². The van der Waals surface area contributed by atoms with Crippen LogP contribution in [0, 0.1) is 0 Å². The maximum Gasteiger partial charge on any atom is 0.270 e. The van der Waals surface area contributed by atoms with Crippen LogP contribution in [0.15, 0.2) is 41.8 Å². The minimum absolute atomic E-state index is 0.0470. The standard InChI is InChI=1S/C24H27N5O5S2/c1-33-15-8-6-14(7-9-15)20(23(31)27-12-16-4-2-10-34-16)29(13-17-5-3-11-35-17)24(32)21-18(25)19(22(26)30)28-36-21/h3,5-9,11,16,20H,2,4,10,12-13,25H2,1H3,(H2,26,30)(H,27,31)/t16-,20+/m0/s1. The number of carbonyl (C=O) groups excluding carboxylic acids is 3. The molecule has 1 fully saturated rings. The van der Waals surface area contributed by atoms with E-state index < -0.39 is 17.9 Å². The van der Waals surface area contributed by atoms with Crippen LogP contribution in [0.4, 0.5) is 5.69 Å². The number of ether oxygens (including phenoxy) is 2. The van der Waals surface area contributed by atoms with Gasteiger partial charge in [-0.05, 0) is 53.5 Å². The number of nitrogens with zero attached hydrogens (tertiary/aromatic N) is 2. The van der Waals surface area contributed by atoms with E-state index in [1.165, 1.54) is 16.2 Å². The Labute approximate surface area is 216 Å². The number of nitrogens with one attached hydrogen (secondary N) is 1. The van der Waals surface area contributed by atoms with Crippen molar-refractivity contribution in [2.24, 2.45) is 5.73 Å². The molecule has 2 atom stereocenters. The summed E-state index contributed by atoms with van der Waals surface area (Å²) in [6, 6.07) is 9.71. The van der Waals surface area contributed by atoms with E-state index in [1.54, 1.807) is 31.4 Å². The van der Waals surface area contributed by atoms with Crippen LogP contribution in [0.25, 0.3) is 0 Å². The summed E-state index contributed by atoms with van der Waals surface area (Å²) in [5.74, 6) is -1.10. The summed E-state index contributed by atoms with van der Waals surface area (Å²) in [5, 5.41) is 4.85. The first-order chi connectivity index (χ1) is 17.4. The van der Waals surface area contributed by atoms with Crippen LogP contribution >= 0.6 is 22.9 Å². The van der Waals surface area contributed by atoms with Gasteiger partial charge in [-0.15, -0.1) is 11.3 Å². The number of methoxy groups -OCH3 is 1. The number of rotatable bonds is 10. The molecule has 1 aliphatic rings. The zero-order valence-electron chi connectivity index (χ0n) is 19.6. The van der Waals surface area contributed by atoms with Gasteiger partial charge < -0.3 is 31.2 Å². The molecule has 0 bridgehead atoms. The van der Waals surface area contributed by atoms with E-state index in [0.29, 0.717) is 24.5 Å². The highest BCUT2D eigenvalue weighted by molar-refractivity contribution is 7.10. The fourth-order valence-corrected chi connectivity index (χ4v) is 5.45. The van der Waals surface area contributed by atoms with Gasteiger partial charge in [0.1, 0.15) is 16.7 Å². The summed E-state index contributed by atoms with van der Waals surface area (Å²) in [6.07, 6.45) is 1.74. The zero-order chi connectivity index (χ0) is 25.7. The molecule has 0 unspecified atom stereocenters. The van der Waals surface area contributed by atoms with E-state index in [4.69, 9.17) is 20.9 Å². The smallest absolute Gasteiger partial charge is 0.270 e. The van der Waals surface area contributed by atoms with Gasteiger partial charge in [-0.1, -0.05) is 18.2 Å². The molecule has 1 aliphatic heterocycles. The summed E-state index contributed by atoms with van der Waals surface area (Å²) >= 11 is 2.24. The SMILES string of the molecule is COc1ccc([C@H](C(=O)NC[C@@H]2CCCO2)N(Cc2cccs2)C(=O)c2snc(C(N)=O)c2N)cc1. The first kappa shape index (κ1) is 25.6. The maximum atomic E-state index is 13.9. The second-order valence-electron chi connectivity index (χ2n) is 8.21. The minimum atomic E-state index is -0.995. The van der Waals surface area contributed by atoms with Gasteiger partial charge >= 0.3 is 0 Å². The predicted octanol–water partition coefficient (Wildman–Crippen LogP) is 2.57. The Kier molecular flexibility index (Phi) is 8.18. The Morgan fingerprint density at radius 3 is 2.64 bits per heavy atom. The quantitative estimate of drug-likeness (QED) is 0.365. The van der Waals surface area contributed by atoms with E-state index in [2.05, 4.69) is 9.69 Å². The lowest BCUT2D eigenvalue weighted by Crippen LogP contribution is -2.45. The molecule has 10 nitrogen and oxygen atoms in total. The number of nitrogens with two attached hydrogens (primary N) is 2. The van der Waals surface area contributed by atoms with Gasteiger partial charge in [0.2, 0.25) is 5.91 Å². The number of amides is 3. The molecule has 5 N–H and O–H groups in total. The van der Waals surface area contributed by atoms with Crippen molar-refractivity contribution in [3.8, 4) is 5.75 Å². The zero-order valence-corrected chi connectivity index (χ0v) is 21.3. The molecule has 3 aromatic rings. The van der Waals surface area contributed by atoms with E-state index in [0.717, 1.165) is 29.3 Å². The monoisotopic (exact) mass is 529 g/mol. The van der Waals surface area contributed by atoms with E-state index >= 15 is 0 Å². The van der Waals surface area contributed by atoms with Gasteiger partial charge in [0, 0.05) is 18.0 Å². The van der Waals surface area contributed by atoms with E-state index in [9.17, 15) is 14.4 Å². The second-order valence-corrected chi connectivity index (χ2v) is 10.0. The van der Waals surface area contributed by atoms with Gasteiger partial charge in [0.15, 0.2) is 5.69 Å². The van der Waals surface area contributed by atoms with Gasteiger partial charge in [-0.3, -0.25) is 14.4 Å². The molecule has 3 heterocycles. The number of aromatic nitrogens is 1. The summed E-state index contributed by atoms with van der Waals surface area (Å²) in [6.45, 7) is 1.14. The highest BCUT2D eigenvalue weighted by Crippen LogP contribution is 2.31. The number of primary amides is 1. The van der Waals surface area contributed by atoms with E-state index in [1.807, 2.05) is 17.5 Å². The molecule has 190 valence electrons. The van der Waals surface area contributed by atoms with Crippen molar-refractivity contribution in [2.75, 3.05) is 26.0 Å². The van der Waals surface area contributed by atoms with Crippen LogP contribution in [0.1, 0.15) is 49.5 Å². The Balaban J connectivity index is 1.73. The molecule has 1 aromatic carbocycles. The fourth-order valence-electron chi connectivity index (χ4n) is 3.99. The van der Waals surface area contributed by atoms with Gasteiger partial charge in [0.05, 0.1) is 25.4 Å². The highest BCUT2D eigenvalue weighted by atomic mass is 32.1. The van der Waals surface area contributed by atoms with Crippen molar-refractivity contribution in [3.05, 3.63) is 62.8 Å². The topological polar surface area (TPSA) is 150 Å². The van der Waals surface area contributed by atoms with Crippen molar-refractivity contribution in [2.45, 2.75) is 31.5 Å². The van der Waals surface area contributed by atoms with Crippen molar-refractivity contribution >= 4 is 46.3 Å². The number of benzene rings is 1. The molecule has 2 aromatic heterocycles. The number of nitrogen functional groups attached to an aromatic ring is 1. The number of carbonyl (C=O) groups is 3.